The predicted octanol–water partition coefficient (Wildman–Crippen LogP) is 2.17. The molecule has 2 aliphatic rings. The summed E-state index contributed by atoms with van der Waals surface area (Å²) in [5.41, 5.74) is 1.38. The molecule has 0 radical (unpaired) electrons. The number of hydrogen-bond acceptors (Lipinski definition) is 4. The van der Waals surface area contributed by atoms with Crippen LogP contribution in [-0.4, -0.2) is 39.8 Å². The van der Waals surface area contributed by atoms with E-state index in [0.29, 0.717) is 12.0 Å². The Hall–Kier alpha value is -1.46. The van der Waals surface area contributed by atoms with Crippen LogP contribution < -0.4 is 20.1 Å². The number of methoxy groups -OCH3 is 2. The smallest absolute Gasteiger partial charge is 0.223 e. The molecule has 2 N–H and O–H groups in total. The summed E-state index contributed by atoms with van der Waals surface area (Å²) < 4.78 is 10.6. The maximum absolute atomic E-state index is 12.3. The van der Waals surface area contributed by atoms with Crippen molar-refractivity contribution < 1.29 is 14.3 Å². The number of amides is 1. The molecule has 3 rings (SSSR count). The minimum absolute atomic E-state index is 0. The molecule has 1 aromatic rings. The van der Waals surface area contributed by atoms with Crippen molar-refractivity contribution in [3.63, 3.8) is 0 Å². The Morgan fingerprint density at radius 1 is 1.29 bits per heavy atom. The van der Waals surface area contributed by atoms with Gasteiger partial charge < -0.3 is 20.1 Å². The maximum atomic E-state index is 12.3. The lowest BCUT2D eigenvalue weighted by Crippen LogP contribution is -2.34. The SMILES string of the molecule is COc1ccc(CCNC(=O)C2CC23CCNCC3)c(OC)c1.Cl. The van der Waals surface area contributed by atoms with Gasteiger partial charge in [0.05, 0.1) is 14.2 Å². The second kappa shape index (κ2) is 8.08. The zero-order chi connectivity index (χ0) is 16.3. The van der Waals surface area contributed by atoms with E-state index in [2.05, 4.69) is 10.6 Å². The molecular formula is C18H27ClN2O3. The standard InChI is InChI=1S/C18H26N2O3.ClH/c1-22-14-4-3-13(16(11-14)23-2)5-8-20-17(21)15-12-18(15)6-9-19-10-7-18;/h3-4,11,15,19H,5-10,12H2,1-2H3,(H,20,21);1H. The Morgan fingerprint density at radius 3 is 2.71 bits per heavy atom. The number of rotatable bonds is 6. The monoisotopic (exact) mass is 354 g/mol. The largest absolute Gasteiger partial charge is 0.497 e. The van der Waals surface area contributed by atoms with Gasteiger partial charge in [0, 0.05) is 18.5 Å². The summed E-state index contributed by atoms with van der Waals surface area (Å²) in [5, 5.41) is 6.47. The van der Waals surface area contributed by atoms with Gasteiger partial charge in [0.2, 0.25) is 5.91 Å². The third kappa shape index (κ3) is 3.95. The third-order valence-electron chi connectivity index (χ3n) is 5.29. The third-order valence-corrected chi connectivity index (χ3v) is 5.29. The van der Waals surface area contributed by atoms with Crippen LogP contribution in [0.25, 0.3) is 0 Å². The van der Waals surface area contributed by atoms with E-state index in [0.717, 1.165) is 55.8 Å². The van der Waals surface area contributed by atoms with Gasteiger partial charge in [-0.1, -0.05) is 6.07 Å². The van der Waals surface area contributed by atoms with Crippen LogP contribution in [0.4, 0.5) is 0 Å². The molecule has 1 heterocycles. The average molecular weight is 355 g/mol. The molecule has 134 valence electrons. The van der Waals surface area contributed by atoms with Gasteiger partial charge >= 0.3 is 0 Å². The first-order chi connectivity index (χ1) is 11.2. The quantitative estimate of drug-likeness (QED) is 0.822. The average Bonchev–Trinajstić information content (AvgIpc) is 3.28. The van der Waals surface area contributed by atoms with E-state index >= 15 is 0 Å². The Kier molecular flexibility index (Phi) is 6.35. The van der Waals surface area contributed by atoms with Crippen LogP contribution in [0.15, 0.2) is 18.2 Å². The zero-order valence-electron chi connectivity index (χ0n) is 14.4. The summed E-state index contributed by atoms with van der Waals surface area (Å²) in [6.07, 6.45) is 4.10. The molecule has 0 aromatic heterocycles. The number of hydrogen-bond donors (Lipinski definition) is 2. The van der Waals surface area contributed by atoms with Gasteiger partial charge in [-0.25, -0.2) is 0 Å². The van der Waals surface area contributed by atoms with E-state index in [1.165, 1.54) is 0 Å². The van der Waals surface area contributed by atoms with E-state index in [1.807, 2.05) is 18.2 Å². The first-order valence-electron chi connectivity index (χ1n) is 8.38. The number of nitrogens with one attached hydrogen (secondary N) is 2. The highest BCUT2D eigenvalue weighted by atomic mass is 35.5. The molecular weight excluding hydrogens is 328 g/mol. The van der Waals surface area contributed by atoms with Crippen LogP contribution in [-0.2, 0) is 11.2 Å². The maximum Gasteiger partial charge on any atom is 0.223 e. The summed E-state index contributed by atoms with van der Waals surface area (Å²) in [4.78, 5) is 12.3. The summed E-state index contributed by atoms with van der Waals surface area (Å²) in [6.45, 7) is 2.74. The molecule has 24 heavy (non-hydrogen) atoms. The summed E-state index contributed by atoms with van der Waals surface area (Å²) in [6, 6.07) is 5.79. The van der Waals surface area contributed by atoms with Crippen LogP contribution in [0.3, 0.4) is 0 Å². The number of piperidine rings is 1. The van der Waals surface area contributed by atoms with Gasteiger partial charge in [-0.2, -0.15) is 0 Å². The van der Waals surface area contributed by atoms with E-state index in [1.54, 1.807) is 14.2 Å². The van der Waals surface area contributed by atoms with Crippen molar-refractivity contribution >= 4 is 18.3 Å². The second-order valence-electron chi connectivity index (χ2n) is 6.59. The molecule has 5 nitrogen and oxygen atoms in total. The van der Waals surface area contributed by atoms with Crippen molar-refractivity contribution in [1.82, 2.24) is 10.6 Å². The summed E-state index contributed by atoms with van der Waals surface area (Å²) >= 11 is 0. The number of carbonyl (C=O) groups is 1. The van der Waals surface area contributed by atoms with Crippen LogP contribution in [0.1, 0.15) is 24.8 Å². The Bertz CT molecular complexity index is 573. The van der Waals surface area contributed by atoms with E-state index in [-0.39, 0.29) is 24.2 Å². The van der Waals surface area contributed by atoms with Crippen molar-refractivity contribution in [2.45, 2.75) is 25.7 Å². The van der Waals surface area contributed by atoms with E-state index in [9.17, 15) is 4.79 Å². The Morgan fingerprint density at radius 2 is 2.04 bits per heavy atom. The van der Waals surface area contributed by atoms with Gasteiger partial charge in [0.15, 0.2) is 0 Å². The first-order valence-corrected chi connectivity index (χ1v) is 8.38. The van der Waals surface area contributed by atoms with Gasteiger partial charge in [-0.05, 0) is 55.8 Å². The van der Waals surface area contributed by atoms with Crippen molar-refractivity contribution in [2.75, 3.05) is 33.9 Å². The second-order valence-corrected chi connectivity index (χ2v) is 6.59. The molecule has 0 bridgehead atoms. The molecule has 1 unspecified atom stereocenters. The molecule has 1 aliphatic heterocycles. The van der Waals surface area contributed by atoms with E-state index in [4.69, 9.17) is 9.47 Å². The minimum atomic E-state index is 0. The van der Waals surface area contributed by atoms with Gasteiger partial charge in [-0.15, -0.1) is 12.4 Å². The van der Waals surface area contributed by atoms with Gasteiger partial charge in [0.1, 0.15) is 11.5 Å². The number of halogens is 1. The number of carbonyl (C=O) groups excluding carboxylic acids is 1. The van der Waals surface area contributed by atoms with Crippen LogP contribution in [0, 0.1) is 11.3 Å². The highest BCUT2D eigenvalue weighted by Gasteiger charge is 2.57. The molecule has 1 amide bonds. The fourth-order valence-electron chi connectivity index (χ4n) is 3.70. The highest BCUT2D eigenvalue weighted by molar-refractivity contribution is 5.85. The fourth-order valence-corrected chi connectivity index (χ4v) is 3.70. The molecule has 1 aromatic carbocycles. The molecule has 2 fully saturated rings. The number of ether oxygens (including phenoxy) is 2. The van der Waals surface area contributed by atoms with Gasteiger partial charge in [0.25, 0.3) is 0 Å². The Balaban J connectivity index is 0.00000208. The van der Waals surface area contributed by atoms with Crippen molar-refractivity contribution in [2.24, 2.45) is 11.3 Å². The van der Waals surface area contributed by atoms with Crippen LogP contribution in [0.5, 0.6) is 11.5 Å². The summed E-state index contributed by atoms with van der Waals surface area (Å²) in [5.74, 6) is 2.03. The fraction of sp³-hybridized carbons (Fsp3) is 0.611. The minimum Gasteiger partial charge on any atom is -0.497 e. The molecule has 1 spiro atoms. The van der Waals surface area contributed by atoms with Crippen molar-refractivity contribution in [3.8, 4) is 11.5 Å². The lowest BCUT2D eigenvalue weighted by molar-refractivity contribution is -0.123. The summed E-state index contributed by atoms with van der Waals surface area (Å²) in [7, 11) is 3.29. The Labute approximate surface area is 149 Å². The topological polar surface area (TPSA) is 59.6 Å². The zero-order valence-corrected chi connectivity index (χ0v) is 15.2. The van der Waals surface area contributed by atoms with Gasteiger partial charge in [-0.3, -0.25) is 4.79 Å². The molecule has 1 aliphatic carbocycles. The number of benzene rings is 1. The normalized spacial score (nSPS) is 20.8. The lowest BCUT2D eigenvalue weighted by Gasteiger charge is -2.23. The first kappa shape index (κ1) is 18.9. The molecule has 6 heteroatoms. The van der Waals surface area contributed by atoms with Crippen LogP contribution in [0.2, 0.25) is 0 Å². The van der Waals surface area contributed by atoms with Crippen molar-refractivity contribution in [1.29, 1.82) is 0 Å². The highest BCUT2D eigenvalue weighted by Crippen LogP contribution is 2.58. The molecule has 1 saturated carbocycles. The molecule has 1 atom stereocenters. The molecule has 1 saturated heterocycles. The van der Waals surface area contributed by atoms with Crippen molar-refractivity contribution in [3.05, 3.63) is 23.8 Å². The predicted molar refractivity (Wildman–Crippen MR) is 96.2 cm³/mol. The van der Waals surface area contributed by atoms with E-state index < -0.39 is 0 Å². The lowest BCUT2D eigenvalue weighted by atomic mass is 9.92. The van der Waals surface area contributed by atoms with Crippen LogP contribution >= 0.6 is 12.4 Å².